The molecule has 0 spiro atoms. The normalized spacial score (nSPS) is 39.9. The van der Waals surface area contributed by atoms with Gasteiger partial charge >= 0.3 is 0 Å². The van der Waals surface area contributed by atoms with E-state index in [2.05, 4.69) is 0 Å². The van der Waals surface area contributed by atoms with Crippen molar-refractivity contribution in [1.82, 2.24) is 0 Å². The first-order chi connectivity index (χ1) is 7.69. The maximum absolute atomic E-state index is 5.68. The molecule has 1 fully saturated rings. The Morgan fingerprint density at radius 2 is 1.56 bits per heavy atom. The molecule has 1 unspecified atom stereocenters. The summed E-state index contributed by atoms with van der Waals surface area (Å²) < 4.78 is 27.4. The maximum Gasteiger partial charge on any atom is 0.186 e. The van der Waals surface area contributed by atoms with Crippen molar-refractivity contribution in [1.29, 1.82) is 0 Å². The Hall–Kier alpha value is -0.200. The lowest BCUT2D eigenvalue weighted by molar-refractivity contribution is -0.301. The second-order valence-corrected chi connectivity index (χ2v) is 3.77. The van der Waals surface area contributed by atoms with Crippen molar-refractivity contribution in [2.45, 2.75) is 44.6 Å². The van der Waals surface area contributed by atoms with Gasteiger partial charge < -0.3 is 23.7 Å². The Labute approximate surface area is 97.0 Å². The Balaban J connectivity index is 2.81. The summed E-state index contributed by atoms with van der Waals surface area (Å²) in [5.41, 5.74) is 0. The van der Waals surface area contributed by atoms with Crippen LogP contribution in [0.3, 0.4) is 0 Å². The predicted octanol–water partition coefficient (Wildman–Crippen LogP) is 0.813. The first-order valence-corrected chi connectivity index (χ1v) is 5.55. The van der Waals surface area contributed by atoms with Crippen LogP contribution in [0.25, 0.3) is 0 Å². The van der Waals surface area contributed by atoms with E-state index in [1.807, 2.05) is 13.8 Å². The van der Waals surface area contributed by atoms with Gasteiger partial charge in [-0.3, -0.25) is 0 Å². The van der Waals surface area contributed by atoms with Crippen LogP contribution in [0.1, 0.15) is 13.8 Å². The molecule has 0 aromatic carbocycles. The van der Waals surface area contributed by atoms with Gasteiger partial charge in [0.05, 0.1) is 6.10 Å². The lowest BCUT2D eigenvalue weighted by Crippen LogP contribution is -2.59. The molecule has 1 rings (SSSR count). The molecular formula is C11H22O5. The van der Waals surface area contributed by atoms with Crippen LogP contribution < -0.4 is 0 Å². The van der Waals surface area contributed by atoms with Crippen molar-refractivity contribution < 1.29 is 23.7 Å². The van der Waals surface area contributed by atoms with Gasteiger partial charge in [0.15, 0.2) is 6.29 Å². The number of ether oxygens (including phenoxy) is 5. The molecule has 0 aliphatic carbocycles. The molecule has 1 saturated heterocycles. The van der Waals surface area contributed by atoms with E-state index in [0.29, 0.717) is 6.61 Å². The largest absolute Gasteiger partial charge is 0.376 e. The van der Waals surface area contributed by atoms with Crippen molar-refractivity contribution in [3.63, 3.8) is 0 Å². The number of rotatable bonds is 5. The fourth-order valence-corrected chi connectivity index (χ4v) is 2.12. The van der Waals surface area contributed by atoms with E-state index in [1.165, 1.54) is 0 Å². The van der Waals surface area contributed by atoms with E-state index in [1.54, 1.807) is 21.3 Å². The fourth-order valence-electron chi connectivity index (χ4n) is 2.12. The molecule has 0 N–H and O–H groups in total. The minimum atomic E-state index is -0.414. The molecule has 5 nitrogen and oxygen atoms in total. The molecule has 5 atom stereocenters. The van der Waals surface area contributed by atoms with E-state index in [9.17, 15) is 0 Å². The molecule has 0 saturated carbocycles. The third kappa shape index (κ3) is 2.73. The first-order valence-electron chi connectivity index (χ1n) is 5.55. The first kappa shape index (κ1) is 13.9. The van der Waals surface area contributed by atoms with Gasteiger partial charge in [0.25, 0.3) is 0 Å². The zero-order chi connectivity index (χ0) is 12.1. The summed E-state index contributed by atoms with van der Waals surface area (Å²) in [5.74, 6) is 0. The lowest BCUT2D eigenvalue weighted by atomic mass is 9.99. The quantitative estimate of drug-likeness (QED) is 0.704. The van der Waals surface area contributed by atoms with Crippen molar-refractivity contribution in [3.05, 3.63) is 0 Å². The van der Waals surface area contributed by atoms with Crippen LogP contribution in [-0.4, -0.2) is 58.6 Å². The average molecular weight is 234 g/mol. The Bertz CT molecular complexity index is 199. The van der Waals surface area contributed by atoms with Crippen LogP contribution in [0.4, 0.5) is 0 Å². The van der Waals surface area contributed by atoms with Crippen LogP contribution in [0.5, 0.6) is 0 Å². The minimum Gasteiger partial charge on any atom is -0.376 e. The zero-order valence-electron chi connectivity index (χ0n) is 10.6. The third-order valence-electron chi connectivity index (χ3n) is 2.86. The number of hydrogen-bond acceptors (Lipinski definition) is 5. The molecule has 96 valence electrons. The number of methoxy groups -OCH3 is 3. The van der Waals surface area contributed by atoms with Gasteiger partial charge in [-0.15, -0.1) is 0 Å². The van der Waals surface area contributed by atoms with Gasteiger partial charge in [0, 0.05) is 27.9 Å². The summed E-state index contributed by atoms with van der Waals surface area (Å²) in [6.45, 7) is 4.49. The molecule has 1 heterocycles. The summed E-state index contributed by atoms with van der Waals surface area (Å²) in [6, 6.07) is 0. The summed E-state index contributed by atoms with van der Waals surface area (Å²) in [5, 5.41) is 0. The van der Waals surface area contributed by atoms with Crippen LogP contribution in [0, 0.1) is 0 Å². The van der Waals surface area contributed by atoms with Crippen LogP contribution >= 0.6 is 0 Å². The molecule has 0 bridgehead atoms. The Kier molecular flexibility index (Phi) is 5.64. The van der Waals surface area contributed by atoms with Gasteiger partial charge in [0.2, 0.25) is 0 Å². The average Bonchev–Trinajstić information content (AvgIpc) is 2.29. The van der Waals surface area contributed by atoms with Gasteiger partial charge in [0.1, 0.15) is 18.3 Å². The van der Waals surface area contributed by atoms with Gasteiger partial charge in [-0.25, -0.2) is 0 Å². The molecule has 5 heteroatoms. The van der Waals surface area contributed by atoms with E-state index in [4.69, 9.17) is 23.7 Å². The van der Waals surface area contributed by atoms with Gasteiger partial charge in [-0.2, -0.15) is 0 Å². The van der Waals surface area contributed by atoms with E-state index in [0.717, 1.165) is 0 Å². The highest BCUT2D eigenvalue weighted by Gasteiger charge is 2.45. The van der Waals surface area contributed by atoms with Crippen molar-refractivity contribution >= 4 is 0 Å². The summed E-state index contributed by atoms with van der Waals surface area (Å²) in [6.07, 6.45) is -1.09. The van der Waals surface area contributed by atoms with Crippen LogP contribution in [0.15, 0.2) is 0 Å². The van der Waals surface area contributed by atoms with Crippen molar-refractivity contribution in [2.75, 3.05) is 27.9 Å². The van der Waals surface area contributed by atoms with Gasteiger partial charge in [-0.1, -0.05) is 0 Å². The SMILES string of the molecule is CCO[C@@H]1[C@@H](OC)[C@H](C)OC(OC)[C@@H]1OC. The second kappa shape index (κ2) is 6.51. The lowest BCUT2D eigenvalue weighted by Gasteiger charge is -2.43. The molecule has 0 aromatic rings. The molecule has 1 aliphatic rings. The predicted molar refractivity (Wildman–Crippen MR) is 58.4 cm³/mol. The van der Waals surface area contributed by atoms with Crippen LogP contribution in [-0.2, 0) is 23.7 Å². The Morgan fingerprint density at radius 3 is 2.00 bits per heavy atom. The maximum atomic E-state index is 5.68. The zero-order valence-corrected chi connectivity index (χ0v) is 10.6. The Morgan fingerprint density at radius 1 is 0.938 bits per heavy atom. The van der Waals surface area contributed by atoms with Crippen LogP contribution in [0.2, 0.25) is 0 Å². The fraction of sp³-hybridized carbons (Fsp3) is 1.00. The standard InChI is InChI=1S/C11H22O5/c1-6-15-9-8(12-3)7(2)16-11(14-5)10(9)13-4/h7-11H,6H2,1-5H3/t7-,8-,9+,10+,11?/m0/s1. The van der Waals surface area contributed by atoms with Gasteiger partial charge in [-0.05, 0) is 13.8 Å². The monoisotopic (exact) mass is 234 g/mol. The van der Waals surface area contributed by atoms with E-state index < -0.39 is 6.29 Å². The van der Waals surface area contributed by atoms with E-state index in [-0.39, 0.29) is 24.4 Å². The molecule has 0 aromatic heterocycles. The smallest absolute Gasteiger partial charge is 0.186 e. The van der Waals surface area contributed by atoms with Crippen molar-refractivity contribution in [3.8, 4) is 0 Å². The highest BCUT2D eigenvalue weighted by Crippen LogP contribution is 2.27. The summed E-state index contributed by atoms with van der Waals surface area (Å²) in [7, 11) is 4.87. The molecule has 0 amide bonds. The van der Waals surface area contributed by atoms with Crippen molar-refractivity contribution in [2.24, 2.45) is 0 Å². The summed E-state index contributed by atoms with van der Waals surface area (Å²) in [4.78, 5) is 0. The molecule has 16 heavy (non-hydrogen) atoms. The molecular weight excluding hydrogens is 212 g/mol. The van der Waals surface area contributed by atoms with E-state index >= 15 is 0 Å². The number of hydrogen-bond donors (Lipinski definition) is 0. The second-order valence-electron chi connectivity index (χ2n) is 3.77. The third-order valence-corrected chi connectivity index (χ3v) is 2.86. The highest BCUT2D eigenvalue weighted by atomic mass is 16.7. The summed E-state index contributed by atoms with van der Waals surface area (Å²) >= 11 is 0. The highest BCUT2D eigenvalue weighted by molar-refractivity contribution is 4.90. The molecule has 0 radical (unpaired) electrons. The molecule has 1 aliphatic heterocycles. The topological polar surface area (TPSA) is 46.2 Å². The minimum absolute atomic E-state index is 0.0853.